The number of hydrogen-bond acceptors (Lipinski definition) is 5. The van der Waals surface area contributed by atoms with Gasteiger partial charge in [-0.2, -0.15) is 5.26 Å². The van der Waals surface area contributed by atoms with E-state index in [9.17, 15) is 9.59 Å². The molecule has 0 saturated carbocycles. The Bertz CT molecular complexity index is 872. The highest BCUT2D eigenvalue weighted by atomic mass is 32.2. The summed E-state index contributed by atoms with van der Waals surface area (Å²) in [5.41, 5.74) is 2.68. The number of hydrogen-bond donors (Lipinski definition) is 2. The molecule has 1 heterocycles. The molecule has 154 valence electrons. The minimum Gasteiger partial charge on any atom is -0.346 e. The Morgan fingerprint density at radius 3 is 2.83 bits per heavy atom. The molecular formula is C22H28N4O2S. The van der Waals surface area contributed by atoms with E-state index in [1.54, 1.807) is 6.92 Å². The van der Waals surface area contributed by atoms with Crippen LogP contribution >= 0.6 is 11.8 Å². The number of thioether (sulfide) groups is 1. The summed E-state index contributed by atoms with van der Waals surface area (Å²) in [6, 6.07) is 1.88. The fourth-order valence-electron chi connectivity index (χ4n) is 3.18. The van der Waals surface area contributed by atoms with Crippen LogP contribution in [-0.4, -0.2) is 32.3 Å². The van der Waals surface area contributed by atoms with E-state index in [2.05, 4.69) is 27.4 Å². The Morgan fingerprint density at radius 2 is 2.21 bits per heavy atom. The molecule has 2 rings (SSSR count). The molecule has 1 aromatic heterocycles. The number of H-pyrrole nitrogens is 1. The van der Waals surface area contributed by atoms with Gasteiger partial charge in [-0.1, -0.05) is 41.6 Å². The fourth-order valence-corrected chi connectivity index (χ4v) is 4.17. The number of carbonyl (C=O) groups is 2. The predicted molar refractivity (Wildman–Crippen MR) is 116 cm³/mol. The van der Waals surface area contributed by atoms with Crippen molar-refractivity contribution < 1.29 is 9.59 Å². The lowest BCUT2D eigenvalue weighted by Crippen LogP contribution is -2.25. The number of amides is 1. The summed E-state index contributed by atoms with van der Waals surface area (Å²) in [7, 11) is 0. The van der Waals surface area contributed by atoms with E-state index >= 15 is 0 Å². The third-order valence-electron chi connectivity index (χ3n) is 4.65. The standard InChI is InChI=1S/C22H28N4O2S/c1-16(27)29-22(2,3)18(12-11-17-8-5-4-6-9-17)10-7-13-24-21(28)20-25-15-19(14-23)26-20/h7-8,10,12,15H,4-6,9,11,13H2,1-3H3,(H,24,28)(H,25,26)/b10-7-,18-12+. The molecule has 1 aliphatic carbocycles. The topological polar surface area (TPSA) is 98.6 Å². The van der Waals surface area contributed by atoms with Crippen LogP contribution in [0.3, 0.4) is 0 Å². The number of allylic oxidation sites excluding steroid dienone is 4. The van der Waals surface area contributed by atoms with Crippen LogP contribution in [0.5, 0.6) is 0 Å². The lowest BCUT2D eigenvalue weighted by Gasteiger charge is -2.25. The normalized spacial score (nSPS) is 15.1. The van der Waals surface area contributed by atoms with Gasteiger partial charge in [-0.3, -0.25) is 9.59 Å². The Balaban J connectivity index is 2.03. The summed E-state index contributed by atoms with van der Waals surface area (Å²) in [5, 5.41) is 11.6. The van der Waals surface area contributed by atoms with Crippen LogP contribution in [0.4, 0.5) is 0 Å². The van der Waals surface area contributed by atoms with Gasteiger partial charge in [0.1, 0.15) is 6.07 Å². The average Bonchev–Trinajstić information content (AvgIpc) is 3.16. The van der Waals surface area contributed by atoms with Crippen LogP contribution in [0.1, 0.15) is 69.2 Å². The molecule has 0 aliphatic heterocycles. The molecular weight excluding hydrogens is 384 g/mol. The third kappa shape index (κ3) is 7.39. The summed E-state index contributed by atoms with van der Waals surface area (Å²) in [4.78, 5) is 30.3. The molecule has 1 aromatic rings. The van der Waals surface area contributed by atoms with Gasteiger partial charge in [0, 0.05) is 24.4 Å². The molecule has 0 aromatic carbocycles. The van der Waals surface area contributed by atoms with Gasteiger partial charge in [-0.15, -0.1) is 0 Å². The van der Waals surface area contributed by atoms with Gasteiger partial charge >= 0.3 is 0 Å². The number of aromatic amines is 1. The lowest BCUT2D eigenvalue weighted by molar-refractivity contribution is -0.109. The molecule has 1 aliphatic rings. The largest absolute Gasteiger partial charge is 0.346 e. The monoisotopic (exact) mass is 412 g/mol. The van der Waals surface area contributed by atoms with Crippen LogP contribution in [0.2, 0.25) is 0 Å². The van der Waals surface area contributed by atoms with Gasteiger partial charge in [-0.25, -0.2) is 4.98 Å². The minimum absolute atomic E-state index is 0.0746. The second kappa shape index (κ2) is 10.8. The number of nitriles is 1. The Labute approximate surface area is 176 Å². The summed E-state index contributed by atoms with van der Waals surface area (Å²) < 4.78 is -0.357. The average molecular weight is 413 g/mol. The smallest absolute Gasteiger partial charge is 0.287 e. The molecule has 1 amide bonds. The third-order valence-corrected chi connectivity index (χ3v) is 5.68. The Hall–Kier alpha value is -2.59. The fraction of sp³-hybridized carbons (Fsp3) is 0.455. The van der Waals surface area contributed by atoms with Crippen LogP contribution in [0.25, 0.3) is 0 Å². The zero-order valence-corrected chi connectivity index (χ0v) is 18.1. The number of imidazole rings is 1. The van der Waals surface area contributed by atoms with E-state index in [1.165, 1.54) is 36.4 Å². The van der Waals surface area contributed by atoms with E-state index in [-0.39, 0.29) is 27.3 Å². The van der Waals surface area contributed by atoms with E-state index < -0.39 is 0 Å². The number of carbonyl (C=O) groups excluding carboxylic acids is 2. The maximum atomic E-state index is 12.1. The molecule has 0 atom stereocenters. The highest BCUT2D eigenvalue weighted by Gasteiger charge is 2.24. The Morgan fingerprint density at radius 1 is 1.41 bits per heavy atom. The highest BCUT2D eigenvalue weighted by Crippen LogP contribution is 2.34. The first-order chi connectivity index (χ1) is 13.8. The van der Waals surface area contributed by atoms with Gasteiger partial charge in [0.25, 0.3) is 5.91 Å². The summed E-state index contributed by atoms with van der Waals surface area (Å²) in [6.07, 6.45) is 15.4. The van der Waals surface area contributed by atoms with Gasteiger partial charge < -0.3 is 10.3 Å². The quantitative estimate of drug-likeness (QED) is 0.486. The van der Waals surface area contributed by atoms with Crippen LogP contribution in [0, 0.1) is 11.3 Å². The highest BCUT2D eigenvalue weighted by molar-refractivity contribution is 8.14. The molecule has 0 radical (unpaired) electrons. The Kier molecular flexibility index (Phi) is 8.47. The van der Waals surface area contributed by atoms with E-state index in [0.29, 0.717) is 6.54 Å². The zero-order chi connectivity index (χ0) is 21.3. The molecule has 0 fully saturated rings. The minimum atomic E-state index is -0.369. The van der Waals surface area contributed by atoms with Gasteiger partial charge in [0.2, 0.25) is 0 Å². The first kappa shape index (κ1) is 22.7. The van der Waals surface area contributed by atoms with Crippen molar-refractivity contribution in [3.8, 4) is 6.07 Å². The van der Waals surface area contributed by atoms with Crippen molar-refractivity contribution in [1.82, 2.24) is 15.3 Å². The summed E-state index contributed by atoms with van der Waals surface area (Å²) in [6.45, 7) is 5.98. The SMILES string of the molecule is CC(=O)SC(C)(C)C(/C=C\CNC(=O)c1nc(C#N)c[nH]1)=C/CC1=CCCCC1. The second-order valence-electron chi connectivity index (χ2n) is 7.43. The molecule has 2 N–H and O–H groups in total. The van der Waals surface area contributed by atoms with Crippen molar-refractivity contribution in [3.05, 3.63) is 53.2 Å². The van der Waals surface area contributed by atoms with Gasteiger partial charge in [0.15, 0.2) is 16.6 Å². The van der Waals surface area contributed by atoms with E-state index in [0.717, 1.165) is 24.8 Å². The van der Waals surface area contributed by atoms with E-state index in [1.807, 2.05) is 32.1 Å². The van der Waals surface area contributed by atoms with Crippen molar-refractivity contribution in [2.24, 2.45) is 0 Å². The number of rotatable bonds is 8. The first-order valence-electron chi connectivity index (χ1n) is 9.80. The molecule has 6 nitrogen and oxygen atoms in total. The first-order valence-corrected chi connectivity index (χ1v) is 10.6. The summed E-state index contributed by atoms with van der Waals surface area (Å²) >= 11 is 1.31. The lowest BCUT2D eigenvalue weighted by atomic mass is 9.94. The molecule has 0 bridgehead atoms. The van der Waals surface area contributed by atoms with Crippen molar-refractivity contribution in [2.45, 2.75) is 57.6 Å². The number of aromatic nitrogens is 2. The van der Waals surface area contributed by atoms with Crippen molar-refractivity contribution in [3.63, 3.8) is 0 Å². The molecule has 7 heteroatoms. The van der Waals surface area contributed by atoms with E-state index in [4.69, 9.17) is 5.26 Å². The summed E-state index contributed by atoms with van der Waals surface area (Å²) in [5.74, 6) is -0.256. The van der Waals surface area contributed by atoms with Crippen LogP contribution in [0.15, 0.2) is 41.6 Å². The number of nitrogens with one attached hydrogen (secondary N) is 2. The second-order valence-corrected chi connectivity index (χ2v) is 9.23. The predicted octanol–water partition coefficient (Wildman–Crippen LogP) is 4.44. The maximum Gasteiger partial charge on any atom is 0.287 e. The van der Waals surface area contributed by atoms with Crippen LogP contribution in [-0.2, 0) is 4.79 Å². The van der Waals surface area contributed by atoms with Crippen molar-refractivity contribution in [2.75, 3.05) is 6.54 Å². The van der Waals surface area contributed by atoms with Crippen molar-refractivity contribution >= 4 is 22.8 Å². The molecule has 0 unspecified atom stereocenters. The zero-order valence-electron chi connectivity index (χ0n) is 17.2. The molecule has 0 spiro atoms. The molecule has 29 heavy (non-hydrogen) atoms. The van der Waals surface area contributed by atoms with Crippen molar-refractivity contribution in [1.29, 1.82) is 5.26 Å². The van der Waals surface area contributed by atoms with Gasteiger partial charge in [0.05, 0.1) is 0 Å². The van der Waals surface area contributed by atoms with Crippen LogP contribution < -0.4 is 5.32 Å². The number of nitrogens with zero attached hydrogens (tertiary/aromatic N) is 2. The maximum absolute atomic E-state index is 12.1. The van der Waals surface area contributed by atoms with Gasteiger partial charge in [-0.05, 0) is 51.5 Å². The molecule has 0 saturated heterocycles.